The van der Waals surface area contributed by atoms with E-state index in [1.54, 1.807) is 18.2 Å². The molecule has 0 amide bonds. The number of nitro benzene ring substituents is 1. The minimum absolute atomic E-state index is 0.0384. The van der Waals surface area contributed by atoms with E-state index >= 15 is 0 Å². The standard InChI is InChI=1S/C20H21N3O7/c1-28-18-11-15(23(26)27)9-13(19(18)24)12-21-14-3-4-17(16(10-14)20(25)29-2)22-5-7-30-8-6-22/h3-4,9-12,24H,5-8H2,1-2H3. The fourth-order valence-corrected chi connectivity index (χ4v) is 3.08. The van der Waals surface area contributed by atoms with Gasteiger partial charge in [-0.3, -0.25) is 15.1 Å². The van der Waals surface area contributed by atoms with Crippen molar-refractivity contribution in [2.24, 2.45) is 4.99 Å². The number of nitrogens with zero attached hydrogens (tertiary/aromatic N) is 3. The molecule has 1 saturated heterocycles. The molecule has 30 heavy (non-hydrogen) atoms. The molecule has 0 atom stereocenters. The topological polar surface area (TPSA) is 124 Å². The van der Waals surface area contributed by atoms with E-state index in [-0.39, 0.29) is 22.7 Å². The summed E-state index contributed by atoms with van der Waals surface area (Å²) < 4.78 is 15.2. The Kier molecular flexibility index (Phi) is 6.48. The SMILES string of the molecule is COC(=O)c1cc(N=Cc2cc([N+](=O)[O-])cc(OC)c2O)ccc1N1CCOCC1. The first-order valence-electron chi connectivity index (χ1n) is 9.09. The average Bonchev–Trinajstić information content (AvgIpc) is 2.78. The number of aromatic hydroxyl groups is 1. The molecule has 0 aromatic heterocycles. The fourth-order valence-electron chi connectivity index (χ4n) is 3.08. The Morgan fingerprint density at radius 3 is 2.63 bits per heavy atom. The van der Waals surface area contributed by atoms with Crippen molar-refractivity contribution in [3.8, 4) is 11.5 Å². The molecule has 1 heterocycles. The summed E-state index contributed by atoms with van der Waals surface area (Å²) in [7, 11) is 2.60. The van der Waals surface area contributed by atoms with E-state index in [2.05, 4.69) is 4.99 Å². The second-order valence-corrected chi connectivity index (χ2v) is 6.39. The van der Waals surface area contributed by atoms with E-state index < -0.39 is 10.9 Å². The molecule has 0 saturated carbocycles. The van der Waals surface area contributed by atoms with Crippen molar-refractivity contribution >= 4 is 29.2 Å². The monoisotopic (exact) mass is 415 g/mol. The summed E-state index contributed by atoms with van der Waals surface area (Å²) in [5.41, 5.74) is 1.33. The lowest BCUT2D eigenvalue weighted by atomic mass is 10.1. The number of non-ortho nitro benzene ring substituents is 1. The summed E-state index contributed by atoms with van der Waals surface area (Å²) in [6.45, 7) is 2.42. The molecule has 158 valence electrons. The van der Waals surface area contributed by atoms with E-state index in [4.69, 9.17) is 14.2 Å². The molecular formula is C20H21N3O7. The smallest absolute Gasteiger partial charge is 0.340 e. The van der Waals surface area contributed by atoms with Gasteiger partial charge in [0.1, 0.15) is 0 Å². The molecule has 10 nitrogen and oxygen atoms in total. The highest BCUT2D eigenvalue weighted by atomic mass is 16.6. The molecular weight excluding hydrogens is 394 g/mol. The Bertz CT molecular complexity index is 985. The van der Waals surface area contributed by atoms with Gasteiger partial charge in [0.25, 0.3) is 5.69 Å². The van der Waals surface area contributed by atoms with Gasteiger partial charge in [-0.1, -0.05) is 0 Å². The summed E-state index contributed by atoms with van der Waals surface area (Å²) in [5, 5.41) is 21.3. The third-order valence-corrected chi connectivity index (χ3v) is 4.61. The molecule has 1 aliphatic heterocycles. The number of anilines is 1. The number of ether oxygens (including phenoxy) is 3. The van der Waals surface area contributed by atoms with Crippen molar-refractivity contribution in [3.63, 3.8) is 0 Å². The lowest BCUT2D eigenvalue weighted by Crippen LogP contribution is -2.37. The van der Waals surface area contributed by atoms with Gasteiger partial charge in [0.2, 0.25) is 0 Å². The highest BCUT2D eigenvalue weighted by Crippen LogP contribution is 2.34. The van der Waals surface area contributed by atoms with Crippen LogP contribution in [0, 0.1) is 10.1 Å². The molecule has 10 heteroatoms. The molecule has 0 aliphatic carbocycles. The molecule has 1 fully saturated rings. The molecule has 1 N–H and O–H groups in total. The second kappa shape index (κ2) is 9.23. The minimum Gasteiger partial charge on any atom is -0.504 e. The summed E-state index contributed by atoms with van der Waals surface area (Å²) in [4.78, 5) is 29.1. The third kappa shape index (κ3) is 4.49. The number of hydrogen-bond donors (Lipinski definition) is 1. The van der Waals surface area contributed by atoms with Gasteiger partial charge in [0.15, 0.2) is 11.5 Å². The number of benzene rings is 2. The predicted molar refractivity (Wildman–Crippen MR) is 109 cm³/mol. The quantitative estimate of drug-likeness (QED) is 0.331. The van der Waals surface area contributed by atoms with Crippen LogP contribution in [0.4, 0.5) is 17.1 Å². The second-order valence-electron chi connectivity index (χ2n) is 6.39. The van der Waals surface area contributed by atoms with Crippen molar-refractivity contribution in [1.29, 1.82) is 0 Å². The molecule has 2 aromatic rings. The number of hydrogen-bond acceptors (Lipinski definition) is 9. The summed E-state index contributed by atoms with van der Waals surface area (Å²) in [5.74, 6) is -0.818. The first kappa shape index (κ1) is 21.1. The van der Waals surface area contributed by atoms with Crippen LogP contribution in [0.5, 0.6) is 11.5 Å². The van der Waals surface area contributed by atoms with Crippen LogP contribution in [0.15, 0.2) is 35.3 Å². The maximum absolute atomic E-state index is 12.3. The van der Waals surface area contributed by atoms with E-state index in [1.807, 2.05) is 4.90 Å². The van der Waals surface area contributed by atoms with Gasteiger partial charge >= 0.3 is 5.97 Å². The number of morpholine rings is 1. The molecule has 0 unspecified atom stereocenters. The van der Waals surface area contributed by atoms with E-state index in [1.165, 1.54) is 26.5 Å². The number of methoxy groups -OCH3 is 2. The van der Waals surface area contributed by atoms with Gasteiger partial charge in [-0.15, -0.1) is 0 Å². The molecule has 2 aromatic carbocycles. The number of nitro groups is 1. The Morgan fingerprint density at radius 1 is 1.27 bits per heavy atom. The van der Waals surface area contributed by atoms with Gasteiger partial charge < -0.3 is 24.2 Å². The number of aliphatic imine (C=N–C) groups is 1. The Balaban J connectivity index is 1.97. The van der Waals surface area contributed by atoms with Crippen LogP contribution in [-0.4, -0.2) is 62.7 Å². The van der Waals surface area contributed by atoms with Gasteiger partial charge in [0.05, 0.1) is 55.4 Å². The Hall–Kier alpha value is -3.66. The van der Waals surface area contributed by atoms with Gasteiger partial charge in [-0.2, -0.15) is 0 Å². The number of phenolic OH excluding ortho intramolecular Hbond substituents is 1. The molecule has 3 rings (SSSR count). The van der Waals surface area contributed by atoms with Crippen molar-refractivity contribution in [3.05, 3.63) is 51.6 Å². The molecule has 0 spiro atoms. The van der Waals surface area contributed by atoms with Gasteiger partial charge in [-0.25, -0.2) is 4.79 Å². The average molecular weight is 415 g/mol. The normalized spacial score (nSPS) is 14.0. The van der Waals surface area contributed by atoms with E-state index in [0.717, 1.165) is 6.07 Å². The zero-order valence-corrected chi connectivity index (χ0v) is 16.5. The highest BCUT2D eigenvalue weighted by molar-refractivity contribution is 5.97. The number of phenols is 1. The van der Waals surface area contributed by atoms with Crippen LogP contribution in [-0.2, 0) is 9.47 Å². The van der Waals surface area contributed by atoms with Crippen LogP contribution in [0.2, 0.25) is 0 Å². The first-order valence-corrected chi connectivity index (χ1v) is 9.09. The molecule has 0 radical (unpaired) electrons. The van der Waals surface area contributed by atoms with Gasteiger partial charge in [0, 0.05) is 30.9 Å². The zero-order valence-electron chi connectivity index (χ0n) is 16.5. The number of esters is 1. The van der Waals surface area contributed by atoms with Crippen molar-refractivity contribution < 1.29 is 29.0 Å². The van der Waals surface area contributed by atoms with Crippen molar-refractivity contribution in [1.82, 2.24) is 0 Å². The van der Waals surface area contributed by atoms with Crippen LogP contribution >= 0.6 is 0 Å². The summed E-state index contributed by atoms with van der Waals surface area (Å²) in [6.07, 6.45) is 1.27. The number of rotatable bonds is 6. The highest BCUT2D eigenvalue weighted by Gasteiger charge is 2.20. The predicted octanol–water partition coefficient (Wildman–Crippen LogP) is 2.68. The van der Waals surface area contributed by atoms with Crippen LogP contribution in [0.3, 0.4) is 0 Å². The zero-order chi connectivity index (χ0) is 21.7. The fraction of sp³-hybridized carbons (Fsp3) is 0.300. The van der Waals surface area contributed by atoms with Gasteiger partial charge in [-0.05, 0) is 18.2 Å². The lowest BCUT2D eigenvalue weighted by Gasteiger charge is -2.30. The van der Waals surface area contributed by atoms with E-state index in [9.17, 15) is 20.0 Å². The summed E-state index contributed by atoms with van der Waals surface area (Å²) >= 11 is 0. The largest absolute Gasteiger partial charge is 0.504 e. The van der Waals surface area contributed by atoms with E-state index in [0.29, 0.717) is 43.2 Å². The third-order valence-electron chi connectivity index (χ3n) is 4.61. The maximum Gasteiger partial charge on any atom is 0.340 e. The van der Waals surface area contributed by atoms with Crippen LogP contribution in [0.1, 0.15) is 15.9 Å². The lowest BCUT2D eigenvalue weighted by molar-refractivity contribution is -0.385. The minimum atomic E-state index is -0.591. The van der Waals surface area contributed by atoms with Crippen molar-refractivity contribution in [2.45, 2.75) is 0 Å². The van der Waals surface area contributed by atoms with Crippen LogP contribution in [0.25, 0.3) is 0 Å². The number of carbonyl (C=O) groups is 1. The summed E-state index contributed by atoms with van der Waals surface area (Å²) in [6, 6.07) is 7.35. The molecule has 1 aliphatic rings. The number of carbonyl (C=O) groups excluding carboxylic acids is 1. The van der Waals surface area contributed by atoms with Crippen LogP contribution < -0.4 is 9.64 Å². The Labute approximate surface area is 172 Å². The van der Waals surface area contributed by atoms with Crippen molar-refractivity contribution in [2.75, 3.05) is 45.4 Å². The first-order chi connectivity index (χ1) is 14.4. The maximum atomic E-state index is 12.3. The Morgan fingerprint density at radius 2 is 2.00 bits per heavy atom. The molecule has 0 bridgehead atoms.